The van der Waals surface area contributed by atoms with Crippen LogP contribution in [0.1, 0.15) is 23.5 Å². The van der Waals surface area contributed by atoms with Gasteiger partial charge in [0.05, 0.1) is 13.2 Å². The van der Waals surface area contributed by atoms with E-state index >= 15 is 0 Å². The normalized spacial score (nSPS) is 13.1. The van der Waals surface area contributed by atoms with Crippen LogP contribution in [0.5, 0.6) is 0 Å². The number of aliphatic hydroxyl groups is 1. The van der Waals surface area contributed by atoms with Crippen LogP contribution in [-0.2, 0) is 9.53 Å². The van der Waals surface area contributed by atoms with E-state index in [1.807, 2.05) is 0 Å². The van der Waals surface area contributed by atoms with Gasteiger partial charge < -0.3 is 25.6 Å². The predicted molar refractivity (Wildman–Crippen MR) is 93.1 cm³/mol. The van der Waals surface area contributed by atoms with Gasteiger partial charge in [0.2, 0.25) is 0 Å². The Morgan fingerprint density at radius 1 is 1.28 bits per heavy atom. The molecule has 0 spiro atoms. The van der Waals surface area contributed by atoms with E-state index in [1.165, 1.54) is 11.3 Å². The maximum atomic E-state index is 11.8. The molecule has 1 aromatic heterocycles. The Bertz CT molecular complexity index is 814. The fourth-order valence-corrected chi connectivity index (χ4v) is 2.86. The standard InChI is InChI=1S/C16H18N2O6S/c1-3-24-13(19)12-7-9-6-10(4-5-11(9)25-12)18-15(22)17-8-16(2,23)14(20)21/h4-7,23H,3,8H2,1-2H3,(H,20,21)(H2,17,18,22). The maximum Gasteiger partial charge on any atom is 0.348 e. The van der Waals surface area contributed by atoms with Crippen LogP contribution in [0, 0.1) is 0 Å². The number of carboxylic acid groups (broad SMARTS) is 1. The minimum atomic E-state index is -2.05. The summed E-state index contributed by atoms with van der Waals surface area (Å²) >= 11 is 1.29. The average Bonchev–Trinajstić information content (AvgIpc) is 2.96. The lowest BCUT2D eigenvalue weighted by Crippen LogP contribution is -2.47. The first-order valence-corrected chi connectivity index (χ1v) is 8.26. The van der Waals surface area contributed by atoms with Crippen LogP contribution in [0.4, 0.5) is 10.5 Å². The number of rotatable bonds is 6. The molecule has 1 unspecified atom stereocenters. The van der Waals surface area contributed by atoms with Crippen LogP contribution in [0.3, 0.4) is 0 Å². The second-order valence-electron chi connectivity index (χ2n) is 5.47. The van der Waals surface area contributed by atoms with Crippen molar-refractivity contribution in [1.82, 2.24) is 5.32 Å². The summed E-state index contributed by atoms with van der Waals surface area (Å²) in [6.45, 7) is 2.67. The van der Waals surface area contributed by atoms with Gasteiger partial charge in [-0.2, -0.15) is 0 Å². The highest BCUT2D eigenvalue weighted by atomic mass is 32.1. The predicted octanol–water partition coefficient (Wildman–Crippen LogP) is 2.04. The molecule has 134 valence electrons. The molecule has 1 aromatic carbocycles. The number of benzene rings is 1. The third-order valence-electron chi connectivity index (χ3n) is 3.30. The van der Waals surface area contributed by atoms with Gasteiger partial charge in [-0.25, -0.2) is 14.4 Å². The lowest BCUT2D eigenvalue weighted by molar-refractivity contribution is -0.155. The fourth-order valence-electron chi connectivity index (χ4n) is 1.93. The number of fused-ring (bicyclic) bond motifs is 1. The van der Waals surface area contributed by atoms with Crippen LogP contribution >= 0.6 is 11.3 Å². The van der Waals surface area contributed by atoms with Crippen LogP contribution in [0.15, 0.2) is 24.3 Å². The van der Waals surface area contributed by atoms with Crippen molar-refractivity contribution in [2.24, 2.45) is 0 Å². The van der Waals surface area contributed by atoms with E-state index < -0.39 is 30.1 Å². The quantitative estimate of drug-likeness (QED) is 0.580. The number of anilines is 1. The molecule has 1 atom stereocenters. The van der Waals surface area contributed by atoms with Gasteiger partial charge in [0.1, 0.15) is 4.88 Å². The van der Waals surface area contributed by atoms with Gasteiger partial charge in [-0.1, -0.05) is 0 Å². The third kappa shape index (κ3) is 4.68. The Balaban J connectivity index is 2.05. The van der Waals surface area contributed by atoms with Crippen LogP contribution < -0.4 is 10.6 Å². The van der Waals surface area contributed by atoms with E-state index in [1.54, 1.807) is 31.2 Å². The molecule has 0 aliphatic rings. The van der Waals surface area contributed by atoms with Crippen molar-refractivity contribution >= 4 is 45.1 Å². The fraction of sp³-hybridized carbons (Fsp3) is 0.312. The number of urea groups is 1. The van der Waals surface area contributed by atoms with Gasteiger partial charge in [-0.3, -0.25) is 0 Å². The first-order valence-electron chi connectivity index (χ1n) is 7.44. The molecule has 0 aliphatic carbocycles. The van der Waals surface area contributed by atoms with Crippen molar-refractivity contribution in [3.8, 4) is 0 Å². The van der Waals surface area contributed by atoms with E-state index in [9.17, 15) is 19.5 Å². The Morgan fingerprint density at radius 2 is 2.00 bits per heavy atom. The first kappa shape index (κ1) is 18.7. The second-order valence-corrected chi connectivity index (χ2v) is 6.55. The molecular formula is C16H18N2O6S. The third-order valence-corrected chi connectivity index (χ3v) is 4.40. The first-order chi connectivity index (χ1) is 11.7. The SMILES string of the molecule is CCOC(=O)c1cc2cc(NC(=O)NCC(C)(O)C(=O)O)ccc2s1. The molecule has 9 heteroatoms. The molecule has 0 bridgehead atoms. The Morgan fingerprint density at radius 3 is 2.64 bits per heavy atom. The lowest BCUT2D eigenvalue weighted by Gasteiger charge is -2.18. The number of amides is 2. The molecule has 8 nitrogen and oxygen atoms in total. The molecule has 4 N–H and O–H groups in total. The van der Waals surface area contributed by atoms with Crippen molar-refractivity contribution in [2.75, 3.05) is 18.5 Å². The smallest absolute Gasteiger partial charge is 0.348 e. The van der Waals surface area contributed by atoms with Gasteiger partial charge in [-0.05, 0) is 43.5 Å². The number of carbonyl (C=O) groups excluding carboxylic acids is 2. The average molecular weight is 366 g/mol. The van der Waals surface area contributed by atoms with Crippen LogP contribution in [0.2, 0.25) is 0 Å². The molecular weight excluding hydrogens is 348 g/mol. The summed E-state index contributed by atoms with van der Waals surface area (Å²) in [7, 11) is 0. The number of hydrogen-bond acceptors (Lipinski definition) is 6. The highest BCUT2D eigenvalue weighted by Gasteiger charge is 2.30. The zero-order valence-corrected chi connectivity index (χ0v) is 14.5. The van der Waals surface area contributed by atoms with E-state index in [0.29, 0.717) is 17.2 Å². The van der Waals surface area contributed by atoms with E-state index in [2.05, 4.69) is 10.6 Å². The Kier molecular flexibility index (Phi) is 5.60. The highest BCUT2D eigenvalue weighted by molar-refractivity contribution is 7.20. The van der Waals surface area contributed by atoms with Gasteiger partial charge in [0.25, 0.3) is 0 Å². The molecule has 0 saturated carbocycles. The van der Waals surface area contributed by atoms with Crippen molar-refractivity contribution in [1.29, 1.82) is 0 Å². The molecule has 2 aromatic rings. The summed E-state index contributed by atoms with van der Waals surface area (Å²) in [5.41, 5.74) is -1.59. The minimum Gasteiger partial charge on any atom is -0.479 e. The number of nitrogens with one attached hydrogen (secondary N) is 2. The molecule has 0 saturated heterocycles. The van der Waals surface area contributed by atoms with Gasteiger partial charge in [0, 0.05) is 10.4 Å². The molecule has 0 aliphatic heterocycles. The van der Waals surface area contributed by atoms with Crippen molar-refractivity contribution in [3.63, 3.8) is 0 Å². The number of ether oxygens (including phenoxy) is 1. The lowest BCUT2D eigenvalue weighted by atomic mass is 10.1. The van der Waals surface area contributed by atoms with E-state index in [4.69, 9.17) is 9.84 Å². The van der Waals surface area contributed by atoms with Crippen molar-refractivity contribution < 1.29 is 29.3 Å². The molecule has 2 amide bonds. The van der Waals surface area contributed by atoms with Gasteiger partial charge >= 0.3 is 18.0 Å². The van der Waals surface area contributed by atoms with Crippen LogP contribution in [0.25, 0.3) is 10.1 Å². The summed E-state index contributed by atoms with van der Waals surface area (Å²) in [6, 6.07) is 6.12. The summed E-state index contributed by atoms with van der Waals surface area (Å²) < 4.78 is 5.82. The number of hydrogen-bond donors (Lipinski definition) is 4. The van der Waals surface area contributed by atoms with E-state index in [-0.39, 0.29) is 0 Å². The highest BCUT2D eigenvalue weighted by Crippen LogP contribution is 2.28. The van der Waals surface area contributed by atoms with Crippen molar-refractivity contribution in [3.05, 3.63) is 29.1 Å². The Hall–Kier alpha value is -2.65. The number of thiophene rings is 1. The molecule has 0 fully saturated rings. The molecule has 1 heterocycles. The van der Waals surface area contributed by atoms with Gasteiger partial charge in [-0.15, -0.1) is 11.3 Å². The number of esters is 1. The summed E-state index contributed by atoms with van der Waals surface area (Å²) in [5.74, 6) is -1.83. The summed E-state index contributed by atoms with van der Waals surface area (Å²) in [6.07, 6.45) is 0. The molecule has 2 rings (SSSR count). The zero-order valence-electron chi connectivity index (χ0n) is 13.7. The summed E-state index contributed by atoms with van der Waals surface area (Å²) in [4.78, 5) is 34.8. The number of aliphatic carboxylic acids is 1. The summed E-state index contributed by atoms with van der Waals surface area (Å²) in [5, 5.41) is 24.0. The largest absolute Gasteiger partial charge is 0.479 e. The topological polar surface area (TPSA) is 125 Å². The molecule has 0 radical (unpaired) electrons. The number of carboxylic acids is 1. The Labute approximate surface area is 147 Å². The second kappa shape index (κ2) is 7.49. The molecule has 25 heavy (non-hydrogen) atoms. The zero-order chi connectivity index (χ0) is 18.6. The van der Waals surface area contributed by atoms with Crippen molar-refractivity contribution in [2.45, 2.75) is 19.4 Å². The minimum absolute atomic E-state index is 0.292. The maximum absolute atomic E-state index is 11.8. The monoisotopic (exact) mass is 366 g/mol. The van der Waals surface area contributed by atoms with E-state index in [0.717, 1.165) is 17.0 Å². The number of carbonyl (C=O) groups is 3. The van der Waals surface area contributed by atoms with Gasteiger partial charge in [0.15, 0.2) is 5.60 Å². The van der Waals surface area contributed by atoms with Crippen LogP contribution in [-0.4, -0.2) is 46.9 Å².